The first-order chi connectivity index (χ1) is 10.2. The molecular weight excluding hydrogens is 266 g/mol. The van der Waals surface area contributed by atoms with E-state index >= 15 is 0 Å². The second-order valence-corrected chi connectivity index (χ2v) is 5.18. The van der Waals surface area contributed by atoms with Gasteiger partial charge in [0, 0.05) is 39.1 Å². The Labute approximate surface area is 125 Å². The molecule has 1 saturated heterocycles. The summed E-state index contributed by atoms with van der Waals surface area (Å²) in [5.41, 5.74) is 1.03. The summed E-state index contributed by atoms with van der Waals surface area (Å²) in [6.45, 7) is 5.92. The second kappa shape index (κ2) is 7.65. The van der Waals surface area contributed by atoms with Crippen molar-refractivity contribution >= 4 is 5.91 Å². The van der Waals surface area contributed by atoms with E-state index in [0.717, 1.165) is 30.9 Å². The van der Waals surface area contributed by atoms with Gasteiger partial charge in [0.1, 0.15) is 5.75 Å². The zero-order chi connectivity index (χ0) is 15.1. The molecule has 112 valence electrons. The number of benzene rings is 1. The van der Waals surface area contributed by atoms with E-state index in [2.05, 4.69) is 11.0 Å². The number of ether oxygens (including phenoxy) is 1. The van der Waals surface area contributed by atoms with Gasteiger partial charge in [0.05, 0.1) is 6.07 Å². The summed E-state index contributed by atoms with van der Waals surface area (Å²) < 4.78 is 5.60. The average Bonchev–Trinajstić information content (AvgIpc) is 2.52. The first-order valence-corrected chi connectivity index (χ1v) is 7.26. The lowest BCUT2D eigenvalue weighted by atomic mass is 10.2. The van der Waals surface area contributed by atoms with Crippen LogP contribution in [0.2, 0.25) is 0 Å². The third-order valence-electron chi connectivity index (χ3n) is 3.71. The predicted molar refractivity (Wildman–Crippen MR) is 79.9 cm³/mol. The molecule has 5 heteroatoms. The average molecular weight is 287 g/mol. The predicted octanol–water partition coefficient (Wildman–Crippen LogP) is 1.43. The van der Waals surface area contributed by atoms with Crippen LogP contribution in [-0.2, 0) is 4.79 Å². The molecular formula is C16H21N3O2. The van der Waals surface area contributed by atoms with Gasteiger partial charge in [-0.15, -0.1) is 0 Å². The molecule has 0 unspecified atom stereocenters. The lowest BCUT2D eigenvalue weighted by Crippen LogP contribution is -2.50. The maximum atomic E-state index is 12.1. The van der Waals surface area contributed by atoms with Crippen LogP contribution >= 0.6 is 0 Å². The van der Waals surface area contributed by atoms with Gasteiger partial charge in [0.25, 0.3) is 5.91 Å². The zero-order valence-corrected chi connectivity index (χ0v) is 12.4. The van der Waals surface area contributed by atoms with Crippen molar-refractivity contribution in [3.8, 4) is 11.8 Å². The summed E-state index contributed by atoms with van der Waals surface area (Å²) in [6, 6.07) is 9.85. The van der Waals surface area contributed by atoms with Crippen molar-refractivity contribution in [1.82, 2.24) is 9.80 Å². The second-order valence-electron chi connectivity index (χ2n) is 5.18. The SMILES string of the molecule is Cc1ccccc1OCC(=O)N1CCN(CCC#N)CC1. The minimum Gasteiger partial charge on any atom is -0.484 e. The number of piperazine rings is 1. The number of para-hydroxylation sites is 1. The Bertz CT molecular complexity index is 516. The highest BCUT2D eigenvalue weighted by molar-refractivity contribution is 5.77. The van der Waals surface area contributed by atoms with Gasteiger partial charge < -0.3 is 9.64 Å². The molecule has 2 rings (SSSR count). The Morgan fingerprint density at radius 2 is 2.00 bits per heavy atom. The van der Waals surface area contributed by atoms with Crippen LogP contribution in [0.5, 0.6) is 5.75 Å². The third kappa shape index (κ3) is 4.47. The van der Waals surface area contributed by atoms with E-state index in [9.17, 15) is 4.79 Å². The third-order valence-corrected chi connectivity index (χ3v) is 3.71. The van der Waals surface area contributed by atoms with Crippen molar-refractivity contribution in [2.75, 3.05) is 39.3 Å². The molecule has 0 aliphatic carbocycles. The first-order valence-electron chi connectivity index (χ1n) is 7.26. The molecule has 0 radical (unpaired) electrons. The highest BCUT2D eigenvalue weighted by Gasteiger charge is 2.21. The van der Waals surface area contributed by atoms with Crippen molar-refractivity contribution in [3.05, 3.63) is 29.8 Å². The van der Waals surface area contributed by atoms with Crippen LogP contribution in [0, 0.1) is 18.3 Å². The Balaban J connectivity index is 1.75. The van der Waals surface area contributed by atoms with E-state index in [4.69, 9.17) is 10.00 Å². The number of aryl methyl sites for hydroxylation is 1. The molecule has 1 aliphatic rings. The molecule has 21 heavy (non-hydrogen) atoms. The van der Waals surface area contributed by atoms with Crippen LogP contribution in [0.3, 0.4) is 0 Å². The number of carbonyl (C=O) groups excluding carboxylic acids is 1. The van der Waals surface area contributed by atoms with Crippen LogP contribution in [0.1, 0.15) is 12.0 Å². The highest BCUT2D eigenvalue weighted by atomic mass is 16.5. The summed E-state index contributed by atoms with van der Waals surface area (Å²) >= 11 is 0. The summed E-state index contributed by atoms with van der Waals surface area (Å²) in [4.78, 5) is 16.2. The van der Waals surface area contributed by atoms with Crippen molar-refractivity contribution in [2.24, 2.45) is 0 Å². The Morgan fingerprint density at radius 1 is 1.29 bits per heavy atom. The number of carbonyl (C=O) groups is 1. The molecule has 0 spiro atoms. The monoisotopic (exact) mass is 287 g/mol. The van der Waals surface area contributed by atoms with Gasteiger partial charge in [0.15, 0.2) is 6.61 Å². The topological polar surface area (TPSA) is 56.6 Å². The largest absolute Gasteiger partial charge is 0.484 e. The van der Waals surface area contributed by atoms with Gasteiger partial charge in [-0.25, -0.2) is 0 Å². The minimum absolute atomic E-state index is 0.0261. The van der Waals surface area contributed by atoms with E-state index < -0.39 is 0 Å². The molecule has 5 nitrogen and oxygen atoms in total. The summed E-state index contributed by atoms with van der Waals surface area (Å²) in [6.07, 6.45) is 0.546. The summed E-state index contributed by atoms with van der Waals surface area (Å²) in [5, 5.41) is 8.58. The highest BCUT2D eigenvalue weighted by Crippen LogP contribution is 2.16. The summed E-state index contributed by atoms with van der Waals surface area (Å²) in [5.74, 6) is 0.789. The molecule has 0 aromatic heterocycles. The van der Waals surface area contributed by atoms with Gasteiger partial charge in [-0.2, -0.15) is 5.26 Å². The molecule has 0 saturated carbocycles. The molecule has 1 amide bonds. The quantitative estimate of drug-likeness (QED) is 0.822. The number of hydrogen-bond acceptors (Lipinski definition) is 4. The van der Waals surface area contributed by atoms with Crippen molar-refractivity contribution < 1.29 is 9.53 Å². The van der Waals surface area contributed by atoms with Crippen molar-refractivity contribution in [1.29, 1.82) is 5.26 Å². The van der Waals surface area contributed by atoms with Crippen molar-refractivity contribution in [2.45, 2.75) is 13.3 Å². The van der Waals surface area contributed by atoms with Gasteiger partial charge in [0.2, 0.25) is 0 Å². The maximum absolute atomic E-state index is 12.1. The van der Waals surface area contributed by atoms with E-state index in [1.54, 1.807) is 0 Å². The number of nitriles is 1. The van der Waals surface area contributed by atoms with E-state index in [1.165, 1.54) is 0 Å². The van der Waals surface area contributed by atoms with E-state index in [-0.39, 0.29) is 12.5 Å². The standard InChI is InChI=1S/C16H21N3O2/c1-14-5-2-3-6-15(14)21-13-16(20)19-11-9-18(10-12-19)8-4-7-17/h2-3,5-6H,4,8-13H2,1H3. The number of hydrogen-bond donors (Lipinski definition) is 0. The lowest BCUT2D eigenvalue weighted by Gasteiger charge is -2.34. The van der Waals surface area contributed by atoms with E-state index in [1.807, 2.05) is 36.1 Å². The molecule has 0 bridgehead atoms. The number of rotatable bonds is 5. The normalized spacial score (nSPS) is 15.5. The fraction of sp³-hybridized carbons (Fsp3) is 0.500. The van der Waals surface area contributed by atoms with Crippen LogP contribution in [0.15, 0.2) is 24.3 Å². The lowest BCUT2D eigenvalue weighted by molar-refractivity contribution is -0.135. The fourth-order valence-corrected chi connectivity index (χ4v) is 2.38. The molecule has 0 atom stereocenters. The fourth-order valence-electron chi connectivity index (χ4n) is 2.38. The van der Waals surface area contributed by atoms with Crippen LogP contribution < -0.4 is 4.74 Å². The van der Waals surface area contributed by atoms with Gasteiger partial charge >= 0.3 is 0 Å². The zero-order valence-electron chi connectivity index (χ0n) is 12.4. The molecule has 1 aliphatic heterocycles. The number of amides is 1. The first kappa shape index (κ1) is 15.3. The molecule has 1 heterocycles. The van der Waals surface area contributed by atoms with Crippen LogP contribution in [-0.4, -0.2) is 55.0 Å². The van der Waals surface area contributed by atoms with E-state index in [0.29, 0.717) is 19.5 Å². The molecule has 0 N–H and O–H groups in total. The Morgan fingerprint density at radius 3 is 2.67 bits per heavy atom. The Kier molecular flexibility index (Phi) is 5.59. The Hall–Kier alpha value is -2.06. The number of nitrogens with zero attached hydrogens (tertiary/aromatic N) is 3. The minimum atomic E-state index is 0.0261. The van der Waals surface area contributed by atoms with Crippen LogP contribution in [0.4, 0.5) is 0 Å². The molecule has 1 aromatic carbocycles. The summed E-state index contributed by atoms with van der Waals surface area (Å²) in [7, 11) is 0. The smallest absolute Gasteiger partial charge is 0.260 e. The van der Waals surface area contributed by atoms with Gasteiger partial charge in [-0.1, -0.05) is 18.2 Å². The maximum Gasteiger partial charge on any atom is 0.260 e. The van der Waals surface area contributed by atoms with Gasteiger partial charge in [-0.3, -0.25) is 9.69 Å². The van der Waals surface area contributed by atoms with Gasteiger partial charge in [-0.05, 0) is 18.6 Å². The molecule has 1 fully saturated rings. The van der Waals surface area contributed by atoms with Crippen molar-refractivity contribution in [3.63, 3.8) is 0 Å². The van der Waals surface area contributed by atoms with Crippen LogP contribution in [0.25, 0.3) is 0 Å². The molecule has 1 aromatic rings.